The van der Waals surface area contributed by atoms with E-state index in [-0.39, 0.29) is 0 Å². The van der Waals surface area contributed by atoms with Crippen LogP contribution in [-0.4, -0.2) is 41.8 Å². The van der Waals surface area contributed by atoms with Crippen LogP contribution in [0.5, 0.6) is 11.5 Å². The normalized spacial score (nSPS) is 11.2. The Hall–Kier alpha value is -2.71. The van der Waals surface area contributed by atoms with E-state index in [1.54, 1.807) is 26.4 Å². The van der Waals surface area contributed by atoms with Crippen LogP contribution in [0.25, 0.3) is 11.2 Å². The monoisotopic (exact) mass is 460 g/mol. The van der Waals surface area contributed by atoms with E-state index in [1.165, 1.54) is 0 Å². The maximum atomic E-state index is 6.25. The van der Waals surface area contributed by atoms with Gasteiger partial charge in [0, 0.05) is 25.2 Å². The van der Waals surface area contributed by atoms with Gasteiger partial charge in [0.05, 0.1) is 24.9 Å². The Morgan fingerprint density at radius 1 is 1.09 bits per heavy atom. The number of ether oxygens (including phenoxy) is 2. The van der Waals surface area contributed by atoms with Crippen LogP contribution in [-0.2, 0) is 6.54 Å². The lowest BCUT2D eigenvalue weighted by Crippen LogP contribution is -2.14. The number of aromatic nitrogens is 3. The van der Waals surface area contributed by atoms with Crippen molar-refractivity contribution in [1.82, 2.24) is 14.5 Å². The van der Waals surface area contributed by atoms with Gasteiger partial charge in [-0.15, -0.1) is 0 Å². The summed E-state index contributed by atoms with van der Waals surface area (Å²) >= 11 is 6.25. The van der Waals surface area contributed by atoms with Crippen LogP contribution < -0.4 is 25.8 Å². The highest BCUT2D eigenvalue weighted by Crippen LogP contribution is 2.37. The van der Waals surface area contributed by atoms with Crippen molar-refractivity contribution in [1.29, 1.82) is 0 Å². The molecule has 4 N–H and O–H groups in total. The summed E-state index contributed by atoms with van der Waals surface area (Å²) in [6.07, 6.45) is 3.08. The van der Waals surface area contributed by atoms with Crippen LogP contribution in [0.3, 0.4) is 0 Å². The average Bonchev–Trinajstić information content (AvgIpc) is 3.15. The second kappa shape index (κ2) is 11.2. The van der Waals surface area contributed by atoms with Crippen molar-refractivity contribution in [2.45, 2.75) is 39.7 Å². The highest BCUT2D eigenvalue weighted by atomic mass is 35.5. The fourth-order valence-electron chi connectivity index (χ4n) is 3.56. The molecule has 2 aromatic heterocycles. The molecule has 0 saturated carbocycles. The number of aryl methyl sites for hydroxylation is 1. The lowest BCUT2D eigenvalue weighted by atomic mass is 10.0. The topological polar surface area (TPSA) is 99.3 Å². The molecule has 0 bridgehead atoms. The van der Waals surface area contributed by atoms with E-state index in [4.69, 9.17) is 36.8 Å². The Labute approximate surface area is 194 Å². The summed E-state index contributed by atoms with van der Waals surface area (Å²) in [6.45, 7) is 6.59. The third-order valence-electron chi connectivity index (χ3n) is 5.63. The number of hydrogen-bond donors (Lipinski definition) is 3. The molecule has 174 valence electrons. The van der Waals surface area contributed by atoms with E-state index in [0.29, 0.717) is 47.2 Å². The average molecular weight is 461 g/mol. The van der Waals surface area contributed by atoms with E-state index in [9.17, 15) is 0 Å². The fraction of sp³-hybridized carbons (Fsp3) is 0.478. The molecule has 9 heteroatoms. The third kappa shape index (κ3) is 5.37. The highest BCUT2D eigenvalue weighted by molar-refractivity contribution is 6.32. The Balaban J connectivity index is 1.98. The van der Waals surface area contributed by atoms with Gasteiger partial charge in [-0.25, -0.2) is 9.97 Å². The third-order valence-corrected chi connectivity index (χ3v) is 5.92. The molecule has 3 aromatic rings. The van der Waals surface area contributed by atoms with Crippen molar-refractivity contribution in [3.05, 3.63) is 29.3 Å². The van der Waals surface area contributed by atoms with Gasteiger partial charge < -0.3 is 25.8 Å². The number of rotatable bonds is 12. The quantitative estimate of drug-likeness (QED) is 0.348. The fourth-order valence-corrected chi connectivity index (χ4v) is 3.79. The molecular formula is C23H33ClN6O2. The van der Waals surface area contributed by atoms with Crippen molar-refractivity contribution >= 4 is 40.2 Å². The van der Waals surface area contributed by atoms with Gasteiger partial charge in [-0.05, 0) is 31.0 Å². The van der Waals surface area contributed by atoms with Crippen LogP contribution in [0, 0.1) is 5.92 Å². The SMILES string of the molecule is CCC(CC)CNc1ccc2nc(Nc3cc(OC)c(Cl)cc3OC)n(CCCN)c2n1. The van der Waals surface area contributed by atoms with Crippen molar-refractivity contribution in [2.75, 3.05) is 37.9 Å². The van der Waals surface area contributed by atoms with Crippen molar-refractivity contribution in [2.24, 2.45) is 11.7 Å². The summed E-state index contributed by atoms with van der Waals surface area (Å²) in [5.74, 6) is 3.26. The largest absolute Gasteiger partial charge is 0.495 e. The second-order valence-electron chi connectivity index (χ2n) is 7.64. The van der Waals surface area contributed by atoms with Gasteiger partial charge in [-0.2, -0.15) is 0 Å². The highest BCUT2D eigenvalue weighted by Gasteiger charge is 2.17. The molecule has 0 atom stereocenters. The number of fused-ring (bicyclic) bond motifs is 1. The van der Waals surface area contributed by atoms with E-state index < -0.39 is 0 Å². The first-order valence-electron chi connectivity index (χ1n) is 11.0. The molecule has 0 aliphatic carbocycles. The summed E-state index contributed by atoms with van der Waals surface area (Å²) in [5, 5.41) is 7.31. The molecule has 8 nitrogen and oxygen atoms in total. The number of nitrogens with two attached hydrogens (primary N) is 1. The molecule has 0 aliphatic heterocycles. The first-order chi connectivity index (χ1) is 15.5. The molecule has 0 fully saturated rings. The lowest BCUT2D eigenvalue weighted by Gasteiger charge is -2.15. The van der Waals surface area contributed by atoms with Crippen LogP contribution >= 0.6 is 11.6 Å². The molecule has 1 aromatic carbocycles. The standard InChI is InChI=1S/C23H33ClN6O2/c1-5-15(6-2)14-26-21-9-8-17-22(29-21)30(11-7-10-25)23(27-17)28-18-13-19(31-3)16(24)12-20(18)32-4/h8-9,12-13,15H,5-7,10-11,14,25H2,1-4H3,(H,26,29)(H,27,28). The summed E-state index contributed by atoms with van der Waals surface area (Å²) in [4.78, 5) is 9.63. The van der Waals surface area contributed by atoms with Crippen LogP contribution in [0.4, 0.5) is 17.5 Å². The molecule has 32 heavy (non-hydrogen) atoms. The number of benzene rings is 1. The predicted octanol–water partition coefficient (Wildman–Crippen LogP) is 5.04. The Bertz CT molecular complexity index is 1030. The van der Waals surface area contributed by atoms with Gasteiger partial charge in [0.2, 0.25) is 5.95 Å². The van der Waals surface area contributed by atoms with Crippen molar-refractivity contribution < 1.29 is 9.47 Å². The van der Waals surface area contributed by atoms with E-state index >= 15 is 0 Å². The van der Waals surface area contributed by atoms with Gasteiger partial charge in [0.15, 0.2) is 5.65 Å². The zero-order chi connectivity index (χ0) is 23.1. The first-order valence-corrected chi connectivity index (χ1v) is 11.4. The minimum absolute atomic E-state index is 0.474. The molecule has 0 aliphatic rings. The number of methoxy groups -OCH3 is 2. The first kappa shape index (κ1) is 23.9. The number of nitrogens with zero attached hydrogens (tertiary/aromatic N) is 3. The molecule has 0 spiro atoms. The molecular weight excluding hydrogens is 428 g/mol. The molecule has 0 saturated heterocycles. The minimum atomic E-state index is 0.474. The van der Waals surface area contributed by atoms with Gasteiger partial charge >= 0.3 is 0 Å². The second-order valence-corrected chi connectivity index (χ2v) is 8.05. The number of nitrogens with one attached hydrogen (secondary N) is 2. The number of pyridine rings is 1. The number of halogens is 1. The van der Waals surface area contributed by atoms with Gasteiger partial charge in [0.25, 0.3) is 0 Å². The summed E-state index contributed by atoms with van der Waals surface area (Å²) in [7, 11) is 3.17. The molecule has 0 amide bonds. The smallest absolute Gasteiger partial charge is 0.209 e. The Morgan fingerprint density at radius 3 is 2.50 bits per heavy atom. The lowest BCUT2D eigenvalue weighted by molar-refractivity contribution is 0.405. The van der Waals surface area contributed by atoms with Crippen LogP contribution in [0.15, 0.2) is 24.3 Å². The minimum Gasteiger partial charge on any atom is -0.495 e. The van der Waals surface area contributed by atoms with Crippen LogP contribution in [0.1, 0.15) is 33.1 Å². The van der Waals surface area contributed by atoms with Gasteiger partial charge in [-0.3, -0.25) is 4.57 Å². The van der Waals surface area contributed by atoms with Crippen LogP contribution in [0.2, 0.25) is 5.02 Å². The van der Waals surface area contributed by atoms with Crippen molar-refractivity contribution in [3.63, 3.8) is 0 Å². The molecule has 3 rings (SSSR count). The zero-order valence-corrected chi connectivity index (χ0v) is 20.0. The number of anilines is 3. The summed E-state index contributed by atoms with van der Waals surface area (Å²) < 4.78 is 12.9. The van der Waals surface area contributed by atoms with Crippen molar-refractivity contribution in [3.8, 4) is 11.5 Å². The summed E-state index contributed by atoms with van der Waals surface area (Å²) in [5.41, 5.74) is 8.10. The van der Waals surface area contributed by atoms with E-state index in [0.717, 1.165) is 42.8 Å². The number of hydrogen-bond acceptors (Lipinski definition) is 7. The van der Waals surface area contributed by atoms with E-state index in [1.807, 2.05) is 16.7 Å². The Kier molecular flexibility index (Phi) is 8.41. The van der Waals surface area contributed by atoms with E-state index in [2.05, 4.69) is 24.5 Å². The Morgan fingerprint density at radius 2 is 1.84 bits per heavy atom. The maximum absolute atomic E-state index is 6.25. The van der Waals surface area contributed by atoms with Gasteiger partial charge in [-0.1, -0.05) is 38.3 Å². The molecule has 0 unspecified atom stereocenters. The molecule has 0 radical (unpaired) electrons. The number of imidazole rings is 1. The van der Waals surface area contributed by atoms with Gasteiger partial charge in [0.1, 0.15) is 22.8 Å². The summed E-state index contributed by atoms with van der Waals surface area (Å²) in [6, 6.07) is 7.47. The molecule has 2 heterocycles. The maximum Gasteiger partial charge on any atom is 0.209 e. The zero-order valence-electron chi connectivity index (χ0n) is 19.2. The predicted molar refractivity (Wildman–Crippen MR) is 132 cm³/mol.